The van der Waals surface area contributed by atoms with E-state index in [0.717, 1.165) is 22.4 Å². The molecule has 0 atom stereocenters. The van der Waals surface area contributed by atoms with Crippen molar-refractivity contribution in [2.45, 2.75) is 31.1 Å². The molecule has 7 nitrogen and oxygen atoms in total. The summed E-state index contributed by atoms with van der Waals surface area (Å²) in [5.74, 6) is 1.71. The van der Waals surface area contributed by atoms with Gasteiger partial charge in [-0.25, -0.2) is 8.42 Å². The minimum atomic E-state index is -3.52. The number of para-hydroxylation sites is 1. The quantitative estimate of drug-likeness (QED) is 0.617. The van der Waals surface area contributed by atoms with Gasteiger partial charge in [0, 0.05) is 25.1 Å². The van der Waals surface area contributed by atoms with E-state index in [1.54, 1.807) is 13.2 Å². The number of hydrogen-bond donors (Lipinski definition) is 0. The molecule has 8 heteroatoms. The van der Waals surface area contributed by atoms with Gasteiger partial charge in [0.15, 0.2) is 5.82 Å². The maximum absolute atomic E-state index is 12.9. The predicted octanol–water partition coefficient (Wildman–Crippen LogP) is 3.07. The van der Waals surface area contributed by atoms with Gasteiger partial charge in [-0.3, -0.25) is 0 Å². The largest absolute Gasteiger partial charge is 0.496 e. The van der Waals surface area contributed by atoms with E-state index in [-0.39, 0.29) is 5.92 Å². The van der Waals surface area contributed by atoms with Crippen LogP contribution in [-0.2, 0) is 16.4 Å². The molecule has 0 amide bonds. The van der Waals surface area contributed by atoms with Crippen LogP contribution in [-0.4, -0.2) is 43.1 Å². The first-order valence-electron chi connectivity index (χ1n) is 9.40. The van der Waals surface area contributed by atoms with Gasteiger partial charge in [0.25, 0.3) is 0 Å². The number of ether oxygens (including phenoxy) is 1. The van der Waals surface area contributed by atoms with Crippen LogP contribution in [0.3, 0.4) is 0 Å². The molecule has 0 radical (unpaired) electrons. The van der Waals surface area contributed by atoms with Crippen LogP contribution in [0.15, 0.2) is 51.9 Å². The van der Waals surface area contributed by atoms with Gasteiger partial charge in [-0.1, -0.05) is 35.5 Å². The third kappa shape index (κ3) is 3.77. The molecule has 3 aromatic rings. The Morgan fingerprint density at radius 2 is 1.93 bits per heavy atom. The Kier molecular flexibility index (Phi) is 5.14. The van der Waals surface area contributed by atoms with Crippen LogP contribution in [0.25, 0.3) is 0 Å². The number of nitrogens with zero attached hydrogens (tertiary/aromatic N) is 3. The summed E-state index contributed by atoms with van der Waals surface area (Å²) in [6.45, 7) is 4.38. The summed E-state index contributed by atoms with van der Waals surface area (Å²) in [6, 6.07) is 13.1. The maximum atomic E-state index is 12.9. The Balaban J connectivity index is 1.45. The van der Waals surface area contributed by atoms with E-state index in [1.165, 1.54) is 4.31 Å². The van der Waals surface area contributed by atoms with E-state index in [9.17, 15) is 8.42 Å². The Hall–Kier alpha value is -2.71. The van der Waals surface area contributed by atoms with Crippen molar-refractivity contribution in [1.29, 1.82) is 0 Å². The second-order valence-electron chi connectivity index (χ2n) is 7.33. The summed E-state index contributed by atoms with van der Waals surface area (Å²) in [4.78, 5) is 4.83. The lowest BCUT2D eigenvalue weighted by Gasteiger charge is -2.36. The molecule has 4 rings (SSSR count). The lowest BCUT2D eigenvalue weighted by molar-refractivity contribution is 0.216. The summed E-state index contributed by atoms with van der Waals surface area (Å²) < 4.78 is 38.1. The van der Waals surface area contributed by atoms with Crippen LogP contribution < -0.4 is 4.74 Å². The first-order chi connectivity index (χ1) is 13.9. The van der Waals surface area contributed by atoms with Gasteiger partial charge in [0.05, 0.1) is 17.9 Å². The van der Waals surface area contributed by atoms with Gasteiger partial charge < -0.3 is 9.26 Å². The molecule has 0 spiro atoms. The van der Waals surface area contributed by atoms with Crippen molar-refractivity contribution in [2.24, 2.45) is 0 Å². The lowest BCUT2D eigenvalue weighted by atomic mass is 10.0. The van der Waals surface area contributed by atoms with Crippen LogP contribution in [0.4, 0.5) is 0 Å². The van der Waals surface area contributed by atoms with Crippen molar-refractivity contribution in [3.63, 3.8) is 0 Å². The van der Waals surface area contributed by atoms with Crippen molar-refractivity contribution < 1.29 is 17.7 Å². The lowest BCUT2D eigenvalue weighted by Crippen LogP contribution is -2.48. The fourth-order valence-electron chi connectivity index (χ4n) is 3.44. The molecular weight excluding hydrogens is 390 g/mol. The molecule has 0 saturated carbocycles. The molecule has 0 aliphatic carbocycles. The summed E-state index contributed by atoms with van der Waals surface area (Å²) >= 11 is 0. The standard InChI is InChI=1S/C21H23N3O4S/c1-14-8-9-15(2)19(10-14)29(25,26)24-12-17(13-24)21-22-20(23-28-21)11-16-6-4-5-7-18(16)27-3/h4-10,17H,11-13H2,1-3H3. The summed E-state index contributed by atoms with van der Waals surface area (Å²) in [5.41, 5.74) is 2.63. The molecule has 152 valence electrons. The number of benzene rings is 2. The Labute approximate surface area is 170 Å². The van der Waals surface area contributed by atoms with Gasteiger partial charge in [-0.15, -0.1) is 0 Å². The Morgan fingerprint density at radius 3 is 2.69 bits per heavy atom. The van der Waals surface area contributed by atoms with Crippen molar-refractivity contribution >= 4 is 10.0 Å². The zero-order chi connectivity index (χ0) is 20.6. The molecule has 1 aliphatic heterocycles. The van der Waals surface area contributed by atoms with Crippen LogP contribution in [0.2, 0.25) is 0 Å². The van der Waals surface area contributed by atoms with E-state index < -0.39 is 10.0 Å². The molecule has 1 aromatic heterocycles. The van der Waals surface area contributed by atoms with Gasteiger partial charge in [0.2, 0.25) is 15.9 Å². The Bertz CT molecular complexity index is 1130. The van der Waals surface area contributed by atoms with E-state index in [1.807, 2.05) is 50.2 Å². The molecule has 0 unspecified atom stereocenters. The minimum absolute atomic E-state index is 0.0891. The van der Waals surface area contributed by atoms with Crippen molar-refractivity contribution in [2.75, 3.05) is 20.2 Å². The first kappa shape index (κ1) is 19.6. The van der Waals surface area contributed by atoms with E-state index in [0.29, 0.717) is 36.1 Å². The third-order valence-electron chi connectivity index (χ3n) is 5.18. The summed E-state index contributed by atoms with van der Waals surface area (Å²) in [6.07, 6.45) is 0.491. The molecule has 0 bridgehead atoms. The van der Waals surface area contributed by atoms with Gasteiger partial charge in [-0.2, -0.15) is 9.29 Å². The second-order valence-corrected chi connectivity index (χ2v) is 9.23. The number of rotatable bonds is 6. The van der Waals surface area contributed by atoms with Gasteiger partial charge in [-0.05, 0) is 37.1 Å². The second kappa shape index (κ2) is 7.61. The minimum Gasteiger partial charge on any atom is -0.496 e. The number of aryl methyl sites for hydroxylation is 2. The maximum Gasteiger partial charge on any atom is 0.243 e. The first-order valence-corrected chi connectivity index (χ1v) is 10.8. The van der Waals surface area contributed by atoms with Crippen LogP contribution in [0.1, 0.15) is 34.3 Å². The average Bonchev–Trinajstić information content (AvgIpc) is 3.10. The van der Waals surface area contributed by atoms with Crippen LogP contribution in [0.5, 0.6) is 5.75 Å². The molecule has 0 N–H and O–H groups in total. The van der Waals surface area contributed by atoms with Crippen molar-refractivity contribution in [3.8, 4) is 5.75 Å². The molecule has 1 fully saturated rings. The fraction of sp³-hybridized carbons (Fsp3) is 0.333. The molecule has 2 heterocycles. The number of aromatic nitrogens is 2. The van der Waals surface area contributed by atoms with Crippen LogP contribution >= 0.6 is 0 Å². The number of sulfonamides is 1. The normalized spacial score (nSPS) is 15.3. The highest BCUT2D eigenvalue weighted by atomic mass is 32.2. The monoisotopic (exact) mass is 413 g/mol. The summed E-state index contributed by atoms with van der Waals surface area (Å²) in [5, 5.41) is 4.05. The molecule has 1 saturated heterocycles. The zero-order valence-electron chi connectivity index (χ0n) is 16.6. The van der Waals surface area contributed by atoms with Gasteiger partial charge >= 0.3 is 0 Å². The topological polar surface area (TPSA) is 85.5 Å². The third-order valence-corrected chi connectivity index (χ3v) is 7.16. The molecule has 29 heavy (non-hydrogen) atoms. The fourth-order valence-corrected chi connectivity index (χ4v) is 5.28. The molecule has 2 aromatic carbocycles. The highest BCUT2D eigenvalue weighted by Crippen LogP contribution is 2.32. The Morgan fingerprint density at radius 1 is 1.17 bits per heavy atom. The molecule has 1 aliphatic rings. The predicted molar refractivity (Wildman–Crippen MR) is 108 cm³/mol. The van der Waals surface area contributed by atoms with Crippen LogP contribution in [0, 0.1) is 13.8 Å². The van der Waals surface area contributed by atoms with E-state index >= 15 is 0 Å². The zero-order valence-corrected chi connectivity index (χ0v) is 17.4. The number of hydrogen-bond acceptors (Lipinski definition) is 6. The highest BCUT2D eigenvalue weighted by molar-refractivity contribution is 7.89. The average molecular weight is 413 g/mol. The van der Waals surface area contributed by atoms with Crippen molar-refractivity contribution in [1.82, 2.24) is 14.4 Å². The smallest absolute Gasteiger partial charge is 0.243 e. The van der Waals surface area contributed by atoms with E-state index in [2.05, 4.69) is 10.1 Å². The van der Waals surface area contributed by atoms with Crippen molar-refractivity contribution in [3.05, 3.63) is 70.9 Å². The highest BCUT2D eigenvalue weighted by Gasteiger charge is 2.40. The van der Waals surface area contributed by atoms with E-state index in [4.69, 9.17) is 9.26 Å². The van der Waals surface area contributed by atoms with Gasteiger partial charge in [0.1, 0.15) is 5.75 Å². The summed E-state index contributed by atoms with van der Waals surface area (Å²) in [7, 11) is -1.90. The molecular formula is C21H23N3O4S. The number of methoxy groups -OCH3 is 1. The SMILES string of the molecule is COc1ccccc1Cc1noc(C2CN(S(=O)(=O)c3cc(C)ccc3C)C2)n1.